The van der Waals surface area contributed by atoms with Gasteiger partial charge < -0.3 is 4.74 Å². The van der Waals surface area contributed by atoms with Gasteiger partial charge in [-0.2, -0.15) is 4.72 Å². The summed E-state index contributed by atoms with van der Waals surface area (Å²) in [6.07, 6.45) is -0.243. The third-order valence-electron chi connectivity index (χ3n) is 3.11. The summed E-state index contributed by atoms with van der Waals surface area (Å²) < 4.78 is 44.4. The van der Waals surface area contributed by atoms with Gasteiger partial charge in [-0.25, -0.2) is 12.8 Å². The summed E-state index contributed by atoms with van der Waals surface area (Å²) in [5, 5.41) is 0. The van der Waals surface area contributed by atoms with Gasteiger partial charge >= 0.3 is 0 Å². The van der Waals surface area contributed by atoms with Crippen LogP contribution in [0.1, 0.15) is 6.42 Å². The van der Waals surface area contributed by atoms with Crippen LogP contribution in [0.4, 0.5) is 4.39 Å². The number of sulfonamides is 1. The van der Waals surface area contributed by atoms with Crippen LogP contribution in [0.5, 0.6) is 5.75 Å². The zero-order valence-corrected chi connectivity index (χ0v) is 12.1. The maximum atomic E-state index is 13.3. The van der Waals surface area contributed by atoms with Gasteiger partial charge in [-0.1, -0.05) is 0 Å². The number of nitrogens with one attached hydrogen (secondary N) is 1. The Kier molecular flexibility index (Phi) is 3.97. The number of hydrogen-bond acceptors (Lipinski definition) is 5. The number of ether oxygens (including phenoxy) is 1. The van der Waals surface area contributed by atoms with Gasteiger partial charge in [0, 0.05) is 13.1 Å². The topological polar surface area (TPSA) is 92.8 Å². The SMILES string of the molecule is COc1cc(S(=O)(=O)NC2CC(=O)N(C)C2=O)ccc1F. The molecule has 1 aliphatic rings. The highest BCUT2D eigenvalue weighted by atomic mass is 32.2. The summed E-state index contributed by atoms with van der Waals surface area (Å²) >= 11 is 0. The molecule has 1 heterocycles. The molecule has 1 fully saturated rings. The van der Waals surface area contributed by atoms with E-state index in [0.29, 0.717) is 0 Å². The van der Waals surface area contributed by atoms with Crippen molar-refractivity contribution in [2.24, 2.45) is 0 Å². The second-order valence-electron chi connectivity index (χ2n) is 4.47. The molecule has 21 heavy (non-hydrogen) atoms. The Hall–Kier alpha value is -2.00. The van der Waals surface area contributed by atoms with E-state index in [4.69, 9.17) is 4.74 Å². The summed E-state index contributed by atoms with van der Waals surface area (Å²) in [6.45, 7) is 0. The minimum atomic E-state index is -4.07. The Morgan fingerprint density at radius 1 is 1.38 bits per heavy atom. The Morgan fingerprint density at radius 3 is 2.57 bits per heavy atom. The molecule has 1 aromatic rings. The molecule has 0 bridgehead atoms. The van der Waals surface area contributed by atoms with Crippen LogP contribution in [0, 0.1) is 5.82 Å². The number of likely N-dealkylation sites (N-methyl/N-ethyl adjacent to an activating group) is 1. The summed E-state index contributed by atoms with van der Waals surface area (Å²) in [7, 11) is -1.59. The highest BCUT2D eigenvalue weighted by Gasteiger charge is 2.38. The number of hydrogen-bond donors (Lipinski definition) is 1. The van der Waals surface area contributed by atoms with Crippen LogP contribution in [0.3, 0.4) is 0 Å². The first-order valence-corrected chi connectivity index (χ1v) is 7.41. The molecule has 1 N–H and O–H groups in total. The lowest BCUT2D eigenvalue weighted by Crippen LogP contribution is -2.40. The van der Waals surface area contributed by atoms with Crippen LogP contribution < -0.4 is 9.46 Å². The van der Waals surface area contributed by atoms with Crippen molar-refractivity contribution in [3.05, 3.63) is 24.0 Å². The van der Waals surface area contributed by atoms with Gasteiger partial charge in [-0.3, -0.25) is 14.5 Å². The number of likely N-dealkylation sites (tertiary alicyclic amines) is 1. The number of carbonyl (C=O) groups excluding carboxylic acids is 2. The smallest absolute Gasteiger partial charge is 0.247 e. The van der Waals surface area contributed by atoms with Crippen LogP contribution in [-0.4, -0.2) is 45.3 Å². The Morgan fingerprint density at radius 2 is 2.05 bits per heavy atom. The van der Waals surface area contributed by atoms with E-state index in [1.807, 2.05) is 0 Å². The number of methoxy groups -OCH3 is 1. The lowest BCUT2D eigenvalue weighted by atomic mass is 10.3. The van der Waals surface area contributed by atoms with Crippen LogP contribution in [0.2, 0.25) is 0 Å². The fourth-order valence-electron chi connectivity index (χ4n) is 1.91. The lowest BCUT2D eigenvalue weighted by molar-refractivity contribution is -0.137. The molecule has 1 saturated heterocycles. The number of imide groups is 1. The van der Waals surface area contributed by atoms with E-state index >= 15 is 0 Å². The number of carbonyl (C=O) groups is 2. The normalized spacial score (nSPS) is 19.2. The fraction of sp³-hybridized carbons (Fsp3) is 0.333. The first-order valence-electron chi connectivity index (χ1n) is 5.92. The van der Waals surface area contributed by atoms with Crippen molar-refractivity contribution in [3.63, 3.8) is 0 Å². The maximum absolute atomic E-state index is 13.3. The molecule has 7 nitrogen and oxygen atoms in total. The average Bonchev–Trinajstić information content (AvgIpc) is 2.66. The van der Waals surface area contributed by atoms with Crippen LogP contribution >= 0.6 is 0 Å². The van der Waals surface area contributed by atoms with E-state index in [1.165, 1.54) is 14.2 Å². The van der Waals surface area contributed by atoms with E-state index < -0.39 is 33.7 Å². The molecule has 2 rings (SSSR count). The molecule has 1 aromatic carbocycles. The zero-order chi connectivity index (χ0) is 15.8. The van der Waals surface area contributed by atoms with Gasteiger partial charge in [-0.05, 0) is 12.1 Å². The van der Waals surface area contributed by atoms with Gasteiger partial charge in [0.25, 0.3) is 0 Å². The first-order chi connectivity index (χ1) is 9.76. The van der Waals surface area contributed by atoms with Gasteiger partial charge in [0.05, 0.1) is 18.4 Å². The third kappa shape index (κ3) is 2.88. The minimum Gasteiger partial charge on any atom is -0.494 e. The molecule has 1 aliphatic heterocycles. The predicted octanol–water partition coefficient (Wildman–Crippen LogP) is -0.130. The largest absolute Gasteiger partial charge is 0.494 e. The minimum absolute atomic E-state index is 0.233. The highest BCUT2D eigenvalue weighted by Crippen LogP contribution is 2.22. The van der Waals surface area contributed by atoms with Crippen molar-refractivity contribution in [2.45, 2.75) is 17.4 Å². The van der Waals surface area contributed by atoms with Crippen molar-refractivity contribution in [2.75, 3.05) is 14.2 Å². The van der Waals surface area contributed by atoms with Crippen LogP contribution in [0.25, 0.3) is 0 Å². The number of halogens is 1. The van der Waals surface area contributed by atoms with Gasteiger partial charge in [0.2, 0.25) is 21.8 Å². The molecule has 2 amide bonds. The molecule has 114 valence electrons. The average molecular weight is 316 g/mol. The molecule has 0 saturated carbocycles. The fourth-order valence-corrected chi connectivity index (χ4v) is 3.11. The molecule has 0 radical (unpaired) electrons. The van der Waals surface area contributed by atoms with Crippen molar-refractivity contribution in [3.8, 4) is 5.75 Å². The second-order valence-corrected chi connectivity index (χ2v) is 6.18. The van der Waals surface area contributed by atoms with Gasteiger partial charge in [0.15, 0.2) is 11.6 Å². The Balaban J connectivity index is 2.27. The summed E-state index contributed by atoms with van der Waals surface area (Å²) in [4.78, 5) is 23.7. The first kappa shape index (κ1) is 15.4. The van der Waals surface area contributed by atoms with Crippen molar-refractivity contribution < 1.29 is 27.1 Å². The van der Waals surface area contributed by atoms with Crippen molar-refractivity contribution in [1.82, 2.24) is 9.62 Å². The molecule has 1 atom stereocenters. The van der Waals surface area contributed by atoms with Crippen molar-refractivity contribution >= 4 is 21.8 Å². The Labute approximate surface area is 120 Å². The van der Waals surface area contributed by atoms with Crippen molar-refractivity contribution in [1.29, 1.82) is 0 Å². The molecule has 9 heteroatoms. The predicted molar refractivity (Wildman–Crippen MR) is 69.5 cm³/mol. The lowest BCUT2D eigenvalue weighted by Gasteiger charge is -2.12. The zero-order valence-electron chi connectivity index (χ0n) is 11.3. The summed E-state index contributed by atoms with van der Waals surface area (Å²) in [6, 6.07) is 1.85. The molecule has 0 aromatic heterocycles. The summed E-state index contributed by atoms with van der Waals surface area (Å²) in [5.74, 6) is -2.03. The second kappa shape index (κ2) is 5.41. The van der Waals surface area contributed by atoms with Gasteiger partial charge in [-0.15, -0.1) is 0 Å². The molecule has 0 aliphatic carbocycles. The van der Waals surface area contributed by atoms with E-state index in [-0.39, 0.29) is 17.1 Å². The van der Waals surface area contributed by atoms with Gasteiger partial charge in [0.1, 0.15) is 6.04 Å². The number of rotatable bonds is 4. The maximum Gasteiger partial charge on any atom is 0.247 e. The molecular formula is C12H13FN2O5S. The van der Waals surface area contributed by atoms with E-state index in [2.05, 4.69) is 4.72 Å². The number of amides is 2. The third-order valence-corrected chi connectivity index (χ3v) is 4.58. The standard InChI is InChI=1S/C12H13FN2O5S/c1-15-11(16)6-9(12(15)17)14-21(18,19)7-3-4-8(13)10(5-7)20-2/h3-5,9,14H,6H2,1-2H3. The van der Waals surface area contributed by atoms with Crippen LogP contribution in [-0.2, 0) is 19.6 Å². The van der Waals surface area contributed by atoms with Crippen LogP contribution in [0.15, 0.2) is 23.1 Å². The quantitative estimate of drug-likeness (QED) is 0.781. The van der Waals surface area contributed by atoms with E-state index in [9.17, 15) is 22.4 Å². The summed E-state index contributed by atoms with van der Waals surface area (Å²) in [5.41, 5.74) is 0. The molecular weight excluding hydrogens is 303 g/mol. The Bertz CT molecular complexity index is 704. The molecule has 1 unspecified atom stereocenters. The monoisotopic (exact) mass is 316 g/mol. The highest BCUT2D eigenvalue weighted by molar-refractivity contribution is 7.89. The number of nitrogens with zero attached hydrogens (tertiary/aromatic N) is 1. The van der Waals surface area contributed by atoms with E-state index in [0.717, 1.165) is 23.1 Å². The van der Waals surface area contributed by atoms with E-state index in [1.54, 1.807) is 0 Å². The number of benzene rings is 1. The molecule has 0 spiro atoms.